The van der Waals surface area contributed by atoms with E-state index in [4.69, 9.17) is 0 Å². The number of hydrogen-bond acceptors (Lipinski definition) is 4. The van der Waals surface area contributed by atoms with E-state index in [0.717, 1.165) is 24.6 Å². The van der Waals surface area contributed by atoms with Gasteiger partial charge in [-0.3, -0.25) is 0 Å². The second kappa shape index (κ2) is 5.44. The maximum absolute atomic E-state index is 4.20. The molecular weight excluding hydrogens is 194 g/mol. The third-order valence-corrected chi connectivity index (χ3v) is 2.50. The van der Waals surface area contributed by atoms with Crippen LogP contribution < -0.4 is 10.6 Å². The number of thiazole rings is 1. The highest BCUT2D eigenvalue weighted by molar-refractivity contribution is 7.09. The quantitative estimate of drug-likeness (QED) is 0.730. The molecule has 1 rings (SSSR count). The molecule has 0 saturated heterocycles. The first-order chi connectivity index (χ1) is 6.58. The minimum Gasteiger partial charge on any atom is -0.311 e. The van der Waals surface area contributed by atoms with Crippen LogP contribution in [0.2, 0.25) is 0 Å². The maximum atomic E-state index is 4.20. The summed E-state index contributed by atoms with van der Waals surface area (Å²) >= 11 is 1.69. The fourth-order valence-corrected chi connectivity index (χ4v) is 1.65. The lowest BCUT2D eigenvalue weighted by Crippen LogP contribution is -2.40. The van der Waals surface area contributed by atoms with Gasteiger partial charge in [0.2, 0.25) is 0 Å². The van der Waals surface area contributed by atoms with Gasteiger partial charge in [-0.25, -0.2) is 4.98 Å². The number of aromatic nitrogens is 1. The van der Waals surface area contributed by atoms with Crippen molar-refractivity contribution in [2.24, 2.45) is 0 Å². The zero-order chi connectivity index (χ0) is 10.4. The van der Waals surface area contributed by atoms with Gasteiger partial charge in [-0.1, -0.05) is 0 Å². The van der Waals surface area contributed by atoms with E-state index < -0.39 is 0 Å². The van der Waals surface area contributed by atoms with Crippen molar-refractivity contribution in [3.8, 4) is 0 Å². The molecule has 1 aromatic rings. The third kappa shape index (κ3) is 5.32. The van der Waals surface area contributed by atoms with Crippen molar-refractivity contribution in [3.63, 3.8) is 0 Å². The van der Waals surface area contributed by atoms with E-state index in [2.05, 4.69) is 36.4 Å². The van der Waals surface area contributed by atoms with Gasteiger partial charge in [0.1, 0.15) is 5.01 Å². The second-order valence-corrected chi connectivity index (χ2v) is 5.26. The first-order valence-electron chi connectivity index (χ1n) is 4.92. The molecule has 0 aliphatic carbocycles. The highest BCUT2D eigenvalue weighted by Crippen LogP contribution is 2.02. The van der Waals surface area contributed by atoms with Crippen LogP contribution in [-0.4, -0.2) is 23.6 Å². The standard InChI is InChI=1S/C10H19N3S/c1-10(2,3)13-5-4-11-8-9-12-6-7-14-9/h6-7,11,13H,4-5,8H2,1-3H3. The van der Waals surface area contributed by atoms with Gasteiger partial charge in [0.05, 0.1) is 0 Å². The second-order valence-electron chi connectivity index (χ2n) is 4.28. The molecule has 4 heteroatoms. The largest absolute Gasteiger partial charge is 0.311 e. The van der Waals surface area contributed by atoms with Gasteiger partial charge < -0.3 is 10.6 Å². The molecule has 2 N–H and O–H groups in total. The van der Waals surface area contributed by atoms with Crippen LogP contribution in [0.4, 0.5) is 0 Å². The lowest BCUT2D eigenvalue weighted by atomic mass is 10.1. The number of nitrogens with zero attached hydrogens (tertiary/aromatic N) is 1. The summed E-state index contributed by atoms with van der Waals surface area (Å²) in [5.41, 5.74) is 0.211. The Kier molecular flexibility index (Phi) is 4.51. The topological polar surface area (TPSA) is 37.0 Å². The van der Waals surface area contributed by atoms with Gasteiger partial charge in [0, 0.05) is 36.8 Å². The Bertz CT molecular complexity index is 238. The Morgan fingerprint density at radius 3 is 2.71 bits per heavy atom. The van der Waals surface area contributed by atoms with E-state index in [1.807, 2.05) is 11.6 Å². The molecule has 14 heavy (non-hydrogen) atoms. The van der Waals surface area contributed by atoms with Crippen molar-refractivity contribution >= 4 is 11.3 Å². The molecule has 0 saturated carbocycles. The summed E-state index contributed by atoms with van der Waals surface area (Å²) in [6, 6.07) is 0. The summed E-state index contributed by atoms with van der Waals surface area (Å²) in [6.45, 7) is 9.38. The highest BCUT2D eigenvalue weighted by Gasteiger charge is 2.06. The summed E-state index contributed by atoms with van der Waals surface area (Å²) in [4.78, 5) is 4.20. The Balaban J connectivity index is 2.00. The lowest BCUT2D eigenvalue weighted by Gasteiger charge is -2.20. The molecule has 0 atom stereocenters. The summed E-state index contributed by atoms with van der Waals surface area (Å²) < 4.78 is 0. The monoisotopic (exact) mass is 213 g/mol. The minimum absolute atomic E-state index is 0.211. The number of nitrogens with one attached hydrogen (secondary N) is 2. The van der Waals surface area contributed by atoms with Crippen LogP contribution in [0.3, 0.4) is 0 Å². The molecule has 0 amide bonds. The average Bonchev–Trinajstić information content (AvgIpc) is 2.54. The molecular formula is C10H19N3S. The fourth-order valence-electron chi connectivity index (χ4n) is 1.06. The molecule has 0 aromatic carbocycles. The maximum Gasteiger partial charge on any atom is 0.106 e. The van der Waals surface area contributed by atoms with Crippen LogP contribution >= 0.6 is 11.3 Å². The minimum atomic E-state index is 0.211. The Morgan fingerprint density at radius 1 is 1.36 bits per heavy atom. The van der Waals surface area contributed by atoms with E-state index >= 15 is 0 Å². The van der Waals surface area contributed by atoms with E-state index in [9.17, 15) is 0 Å². The van der Waals surface area contributed by atoms with Gasteiger partial charge in [-0.05, 0) is 20.8 Å². The van der Waals surface area contributed by atoms with Crippen LogP contribution in [0, 0.1) is 0 Å². The zero-order valence-electron chi connectivity index (χ0n) is 9.13. The normalized spacial score (nSPS) is 11.9. The van der Waals surface area contributed by atoms with E-state index in [1.165, 1.54) is 0 Å². The van der Waals surface area contributed by atoms with Crippen LogP contribution in [-0.2, 0) is 6.54 Å². The molecule has 0 bridgehead atoms. The van der Waals surface area contributed by atoms with Crippen LogP contribution in [0.15, 0.2) is 11.6 Å². The molecule has 0 aliphatic rings. The third-order valence-electron chi connectivity index (χ3n) is 1.72. The summed E-state index contributed by atoms with van der Waals surface area (Å²) in [7, 11) is 0. The van der Waals surface area contributed by atoms with Gasteiger partial charge in [-0.15, -0.1) is 11.3 Å². The molecule has 1 heterocycles. The predicted octanol–water partition coefficient (Wildman–Crippen LogP) is 1.62. The van der Waals surface area contributed by atoms with Gasteiger partial charge in [-0.2, -0.15) is 0 Å². The Hall–Kier alpha value is -0.450. The smallest absolute Gasteiger partial charge is 0.106 e. The molecule has 3 nitrogen and oxygen atoms in total. The molecule has 80 valence electrons. The molecule has 0 fully saturated rings. The van der Waals surface area contributed by atoms with Crippen molar-refractivity contribution in [2.75, 3.05) is 13.1 Å². The van der Waals surface area contributed by atoms with Crippen LogP contribution in [0.25, 0.3) is 0 Å². The van der Waals surface area contributed by atoms with E-state index in [-0.39, 0.29) is 5.54 Å². The molecule has 0 aliphatic heterocycles. The summed E-state index contributed by atoms with van der Waals surface area (Å²) in [5, 5.41) is 9.93. The van der Waals surface area contributed by atoms with Crippen LogP contribution in [0.1, 0.15) is 25.8 Å². The first kappa shape index (κ1) is 11.6. The van der Waals surface area contributed by atoms with Crippen molar-refractivity contribution in [1.82, 2.24) is 15.6 Å². The first-order valence-corrected chi connectivity index (χ1v) is 5.80. The fraction of sp³-hybridized carbons (Fsp3) is 0.700. The molecule has 1 aromatic heterocycles. The summed E-state index contributed by atoms with van der Waals surface area (Å²) in [6.07, 6.45) is 1.84. The van der Waals surface area contributed by atoms with Gasteiger partial charge in [0.25, 0.3) is 0 Å². The Labute approximate surface area is 89.9 Å². The summed E-state index contributed by atoms with van der Waals surface area (Å²) in [5.74, 6) is 0. The van der Waals surface area contributed by atoms with Gasteiger partial charge >= 0.3 is 0 Å². The predicted molar refractivity (Wildman–Crippen MR) is 61.6 cm³/mol. The highest BCUT2D eigenvalue weighted by atomic mass is 32.1. The molecule has 0 radical (unpaired) electrons. The van der Waals surface area contributed by atoms with E-state index in [1.54, 1.807) is 11.3 Å². The van der Waals surface area contributed by atoms with E-state index in [0.29, 0.717) is 0 Å². The van der Waals surface area contributed by atoms with Crippen molar-refractivity contribution < 1.29 is 0 Å². The molecule has 0 spiro atoms. The van der Waals surface area contributed by atoms with Crippen molar-refractivity contribution in [1.29, 1.82) is 0 Å². The SMILES string of the molecule is CC(C)(C)NCCNCc1nccs1. The van der Waals surface area contributed by atoms with Crippen LogP contribution in [0.5, 0.6) is 0 Å². The average molecular weight is 213 g/mol. The Morgan fingerprint density at radius 2 is 2.14 bits per heavy atom. The van der Waals surface area contributed by atoms with Gasteiger partial charge in [0.15, 0.2) is 0 Å². The lowest BCUT2D eigenvalue weighted by molar-refractivity contribution is 0.421. The number of hydrogen-bond donors (Lipinski definition) is 2. The number of rotatable bonds is 5. The van der Waals surface area contributed by atoms with Crippen molar-refractivity contribution in [3.05, 3.63) is 16.6 Å². The zero-order valence-corrected chi connectivity index (χ0v) is 9.95. The van der Waals surface area contributed by atoms with Crippen molar-refractivity contribution in [2.45, 2.75) is 32.9 Å². The molecule has 0 unspecified atom stereocenters.